The predicted octanol–water partition coefficient (Wildman–Crippen LogP) is 4.47. The summed E-state index contributed by atoms with van der Waals surface area (Å²) in [6.07, 6.45) is -0.722. The largest absolute Gasteiger partial charge is 0.312 e. The van der Waals surface area contributed by atoms with E-state index in [1.165, 1.54) is 22.7 Å². The van der Waals surface area contributed by atoms with E-state index in [2.05, 4.69) is 15.3 Å². The molecule has 1 fully saturated rings. The highest BCUT2D eigenvalue weighted by molar-refractivity contribution is 7.22. The first-order valence-corrected chi connectivity index (χ1v) is 10.1. The summed E-state index contributed by atoms with van der Waals surface area (Å²) >= 11 is 2.58. The van der Waals surface area contributed by atoms with Crippen LogP contribution in [0.25, 0.3) is 31.6 Å². The molecule has 2 heterocycles. The highest BCUT2D eigenvalue weighted by Crippen LogP contribution is 2.37. The van der Waals surface area contributed by atoms with Crippen LogP contribution in [0.3, 0.4) is 0 Å². The summed E-state index contributed by atoms with van der Waals surface area (Å²) in [7, 11) is 0. The topological polar surface area (TPSA) is 74.8 Å². The standard InChI is InChI=1S/C19H14FN3O2S2/c1-8-10(3-5-14-16(8)22-19(25)27-14)9-2-4-13-15(6-9)26-18(21-13)23-17(24)11-7-12(11)20/h2-6,11-12H,7H2,1H3,(H,22,25)(H,21,23,24). The summed E-state index contributed by atoms with van der Waals surface area (Å²) in [6.45, 7) is 1.99. The van der Waals surface area contributed by atoms with E-state index in [9.17, 15) is 14.0 Å². The molecule has 27 heavy (non-hydrogen) atoms. The molecule has 2 aromatic carbocycles. The van der Waals surface area contributed by atoms with Crippen LogP contribution in [0.4, 0.5) is 9.52 Å². The maximum atomic E-state index is 13.0. The number of benzene rings is 2. The van der Waals surface area contributed by atoms with Gasteiger partial charge >= 0.3 is 4.87 Å². The number of alkyl halides is 1. The molecule has 2 N–H and O–H groups in total. The van der Waals surface area contributed by atoms with Gasteiger partial charge in [-0.1, -0.05) is 34.8 Å². The fourth-order valence-electron chi connectivity index (χ4n) is 3.25. The molecular formula is C19H14FN3O2S2. The third-order valence-electron chi connectivity index (χ3n) is 4.84. The number of carbonyl (C=O) groups is 1. The third-order valence-corrected chi connectivity index (χ3v) is 6.62. The van der Waals surface area contributed by atoms with Crippen molar-refractivity contribution < 1.29 is 9.18 Å². The van der Waals surface area contributed by atoms with E-state index in [0.29, 0.717) is 11.6 Å². The van der Waals surface area contributed by atoms with Crippen LogP contribution in [-0.2, 0) is 4.79 Å². The Kier molecular flexibility index (Phi) is 3.66. The first kappa shape index (κ1) is 16.6. The molecular weight excluding hydrogens is 385 g/mol. The van der Waals surface area contributed by atoms with Gasteiger partial charge < -0.3 is 10.3 Å². The minimum Gasteiger partial charge on any atom is -0.312 e. The maximum Gasteiger partial charge on any atom is 0.305 e. The van der Waals surface area contributed by atoms with Crippen molar-refractivity contribution in [2.45, 2.75) is 19.5 Å². The number of aryl methyl sites for hydroxylation is 1. The van der Waals surface area contributed by atoms with Crippen LogP contribution in [0, 0.1) is 12.8 Å². The summed E-state index contributed by atoms with van der Waals surface area (Å²) < 4.78 is 14.9. The normalized spacial score (nSPS) is 18.9. The van der Waals surface area contributed by atoms with E-state index in [1.807, 2.05) is 37.3 Å². The minimum absolute atomic E-state index is 0.0604. The second-order valence-corrected chi connectivity index (χ2v) is 8.72. The molecule has 2 atom stereocenters. The van der Waals surface area contributed by atoms with Crippen LogP contribution in [0.2, 0.25) is 0 Å². The molecule has 5 nitrogen and oxygen atoms in total. The molecule has 2 unspecified atom stereocenters. The number of fused-ring (bicyclic) bond motifs is 2. The van der Waals surface area contributed by atoms with Gasteiger partial charge in [-0.2, -0.15) is 0 Å². The first-order chi connectivity index (χ1) is 13.0. The zero-order chi connectivity index (χ0) is 18.7. The molecule has 0 spiro atoms. The second kappa shape index (κ2) is 5.97. The van der Waals surface area contributed by atoms with E-state index >= 15 is 0 Å². The van der Waals surface area contributed by atoms with Gasteiger partial charge in [0, 0.05) is 0 Å². The Morgan fingerprint density at radius 2 is 2.07 bits per heavy atom. The Bertz CT molecular complexity index is 1270. The van der Waals surface area contributed by atoms with Gasteiger partial charge in [-0.15, -0.1) is 0 Å². The molecule has 1 amide bonds. The summed E-state index contributed by atoms with van der Waals surface area (Å²) in [5.74, 6) is -0.834. The molecule has 2 aromatic heterocycles. The number of amides is 1. The number of nitrogens with zero attached hydrogens (tertiary/aromatic N) is 1. The molecule has 0 bridgehead atoms. The highest BCUT2D eigenvalue weighted by Gasteiger charge is 2.43. The first-order valence-electron chi connectivity index (χ1n) is 8.48. The van der Waals surface area contributed by atoms with Crippen LogP contribution in [0.5, 0.6) is 0 Å². The number of aromatic nitrogens is 2. The SMILES string of the molecule is Cc1c(-c2ccc3nc(NC(=O)C4CC4F)sc3c2)ccc2sc(=O)[nH]c12. The van der Waals surface area contributed by atoms with Gasteiger partial charge in [0.1, 0.15) is 6.17 Å². The molecule has 0 saturated heterocycles. The van der Waals surface area contributed by atoms with Crippen LogP contribution >= 0.6 is 22.7 Å². The lowest BCUT2D eigenvalue weighted by Crippen LogP contribution is -2.14. The Morgan fingerprint density at radius 3 is 2.85 bits per heavy atom. The number of rotatable bonds is 3. The van der Waals surface area contributed by atoms with Crippen LogP contribution in [0.15, 0.2) is 35.1 Å². The Morgan fingerprint density at radius 1 is 1.26 bits per heavy atom. The lowest BCUT2D eigenvalue weighted by atomic mass is 10.00. The predicted molar refractivity (Wildman–Crippen MR) is 107 cm³/mol. The summed E-state index contributed by atoms with van der Waals surface area (Å²) in [5.41, 5.74) is 4.72. The molecule has 0 radical (unpaired) electrons. The molecule has 136 valence electrons. The van der Waals surface area contributed by atoms with Gasteiger partial charge in [-0.3, -0.25) is 9.59 Å². The zero-order valence-corrected chi connectivity index (χ0v) is 15.8. The van der Waals surface area contributed by atoms with Crippen molar-refractivity contribution in [3.8, 4) is 11.1 Å². The number of thiazole rings is 2. The van der Waals surface area contributed by atoms with Crippen molar-refractivity contribution in [2.75, 3.05) is 5.32 Å². The van der Waals surface area contributed by atoms with E-state index in [4.69, 9.17) is 0 Å². The van der Waals surface area contributed by atoms with E-state index < -0.39 is 12.1 Å². The molecule has 8 heteroatoms. The van der Waals surface area contributed by atoms with E-state index in [1.54, 1.807) is 0 Å². The van der Waals surface area contributed by atoms with Gasteiger partial charge in [0.15, 0.2) is 5.13 Å². The number of anilines is 1. The van der Waals surface area contributed by atoms with Gasteiger partial charge in [-0.25, -0.2) is 9.37 Å². The Labute approximate surface area is 160 Å². The average Bonchev–Trinajstić information content (AvgIpc) is 3.05. The Hall–Kier alpha value is -2.58. The van der Waals surface area contributed by atoms with Gasteiger partial charge in [0.2, 0.25) is 5.91 Å². The van der Waals surface area contributed by atoms with Crippen LogP contribution in [0.1, 0.15) is 12.0 Å². The van der Waals surface area contributed by atoms with Gasteiger partial charge in [0.25, 0.3) is 0 Å². The third kappa shape index (κ3) is 2.85. The van der Waals surface area contributed by atoms with Crippen molar-refractivity contribution in [1.29, 1.82) is 0 Å². The summed E-state index contributed by atoms with van der Waals surface area (Å²) in [6, 6.07) is 9.87. The van der Waals surface area contributed by atoms with Crippen LogP contribution in [-0.4, -0.2) is 22.0 Å². The molecule has 1 aliphatic carbocycles. The zero-order valence-electron chi connectivity index (χ0n) is 14.2. The van der Waals surface area contributed by atoms with E-state index in [-0.39, 0.29) is 10.8 Å². The lowest BCUT2D eigenvalue weighted by molar-refractivity contribution is -0.117. The van der Waals surface area contributed by atoms with Gasteiger partial charge in [-0.05, 0) is 48.2 Å². The number of nitrogens with one attached hydrogen (secondary N) is 2. The Balaban J connectivity index is 1.52. The summed E-state index contributed by atoms with van der Waals surface area (Å²) in [4.78, 5) is 30.8. The lowest BCUT2D eigenvalue weighted by Gasteiger charge is -2.07. The quantitative estimate of drug-likeness (QED) is 0.534. The fourth-order valence-corrected chi connectivity index (χ4v) is 4.95. The molecule has 0 aliphatic heterocycles. The summed E-state index contributed by atoms with van der Waals surface area (Å²) in [5, 5.41) is 3.20. The van der Waals surface area contributed by atoms with Crippen molar-refractivity contribution >= 4 is 54.1 Å². The smallest absolute Gasteiger partial charge is 0.305 e. The fraction of sp³-hybridized carbons (Fsp3) is 0.211. The number of aromatic amines is 1. The number of H-pyrrole nitrogens is 1. The second-order valence-electron chi connectivity index (χ2n) is 6.67. The van der Waals surface area contributed by atoms with Crippen molar-refractivity contribution in [1.82, 2.24) is 9.97 Å². The maximum absolute atomic E-state index is 13.0. The monoisotopic (exact) mass is 399 g/mol. The van der Waals surface area contributed by atoms with E-state index in [0.717, 1.165) is 37.1 Å². The van der Waals surface area contributed by atoms with Crippen molar-refractivity contribution in [3.05, 3.63) is 45.6 Å². The number of halogens is 1. The molecule has 1 saturated carbocycles. The number of hydrogen-bond donors (Lipinski definition) is 2. The average molecular weight is 399 g/mol. The molecule has 1 aliphatic rings. The number of carbonyl (C=O) groups excluding carboxylic acids is 1. The molecule has 4 aromatic rings. The van der Waals surface area contributed by atoms with Crippen molar-refractivity contribution in [2.24, 2.45) is 5.92 Å². The molecule has 5 rings (SSSR count). The van der Waals surface area contributed by atoms with Crippen LogP contribution < -0.4 is 10.2 Å². The van der Waals surface area contributed by atoms with Crippen molar-refractivity contribution in [3.63, 3.8) is 0 Å². The minimum atomic E-state index is -1.02. The number of hydrogen-bond acceptors (Lipinski definition) is 5. The van der Waals surface area contributed by atoms with Gasteiger partial charge in [0.05, 0.1) is 26.4 Å². The highest BCUT2D eigenvalue weighted by atomic mass is 32.1.